The summed E-state index contributed by atoms with van der Waals surface area (Å²) in [5.41, 5.74) is 0.598. The number of carbonyl (C=O) groups is 1. The number of hydrogen-bond donors (Lipinski definition) is 0. The Labute approximate surface area is 112 Å². The van der Waals surface area contributed by atoms with Crippen LogP contribution < -0.4 is 9.47 Å². The highest BCUT2D eigenvalue weighted by Gasteiger charge is 2.39. The van der Waals surface area contributed by atoms with Crippen LogP contribution in [0.1, 0.15) is 25.3 Å². The molecule has 0 bridgehead atoms. The molecule has 1 saturated heterocycles. The van der Waals surface area contributed by atoms with Crippen LogP contribution in [0.2, 0.25) is 0 Å². The average Bonchev–Trinajstić information content (AvgIpc) is 2.47. The van der Waals surface area contributed by atoms with Crippen LogP contribution in [0.3, 0.4) is 0 Å². The van der Waals surface area contributed by atoms with E-state index in [1.807, 2.05) is 18.2 Å². The SMILES string of the molecule is CC(=O)C1(c2ccc3c(c2)OCCO3)CCOCC1. The van der Waals surface area contributed by atoms with E-state index in [2.05, 4.69) is 0 Å². The molecule has 4 heteroatoms. The topological polar surface area (TPSA) is 44.8 Å². The number of ether oxygens (including phenoxy) is 3. The quantitative estimate of drug-likeness (QED) is 0.818. The van der Waals surface area contributed by atoms with Crippen molar-refractivity contribution in [2.75, 3.05) is 26.4 Å². The van der Waals surface area contributed by atoms with Crippen molar-refractivity contribution in [1.29, 1.82) is 0 Å². The minimum absolute atomic E-state index is 0.201. The Hall–Kier alpha value is -1.55. The van der Waals surface area contributed by atoms with E-state index in [4.69, 9.17) is 14.2 Å². The van der Waals surface area contributed by atoms with Crippen LogP contribution in [0.25, 0.3) is 0 Å². The summed E-state index contributed by atoms with van der Waals surface area (Å²) in [5.74, 6) is 1.71. The number of Topliss-reactive ketones (excluding diaryl/α,β-unsaturated/α-hetero) is 1. The van der Waals surface area contributed by atoms with E-state index in [0.717, 1.165) is 29.9 Å². The standard InChI is InChI=1S/C15H18O4/c1-11(16)15(4-6-17-7-5-15)12-2-3-13-14(10-12)19-9-8-18-13/h2-3,10H,4-9H2,1H3. The third-order valence-electron chi connectivity index (χ3n) is 4.12. The largest absolute Gasteiger partial charge is 0.486 e. The Morgan fingerprint density at radius 3 is 2.42 bits per heavy atom. The Kier molecular flexibility index (Phi) is 3.19. The highest BCUT2D eigenvalue weighted by atomic mass is 16.6. The normalized spacial score (nSPS) is 20.9. The Morgan fingerprint density at radius 2 is 1.74 bits per heavy atom. The second kappa shape index (κ2) is 4.85. The molecule has 1 aromatic carbocycles. The fourth-order valence-corrected chi connectivity index (χ4v) is 2.90. The van der Waals surface area contributed by atoms with Gasteiger partial charge in [-0.15, -0.1) is 0 Å². The predicted molar refractivity (Wildman–Crippen MR) is 69.8 cm³/mol. The first-order valence-corrected chi connectivity index (χ1v) is 6.71. The van der Waals surface area contributed by atoms with Crippen LogP contribution in [0.15, 0.2) is 18.2 Å². The van der Waals surface area contributed by atoms with Crippen molar-refractivity contribution in [1.82, 2.24) is 0 Å². The van der Waals surface area contributed by atoms with E-state index >= 15 is 0 Å². The van der Waals surface area contributed by atoms with Crippen LogP contribution in [0.5, 0.6) is 11.5 Å². The van der Waals surface area contributed by atoms with Gasteiger partial charge in [-0.2, -0.15) is 0 Å². The van der Waals surface area contributed by atoms with Gasteiger partial charge in [0.15, 0.2) is 11.5 Å². The summed E-state index contributed by atoms with van der Waals surface area (Å²) >= 11 is 0. The molecule has 0 aromatic heterocycles. The van der Waals surface area contributed by atoms with Crippen molar-refractivity contribution in [3.63, 3.8) is 0 Å². The van der Waals surface area contributed by atoms with E-state index in [0.29, 0.717) is 26.4 Å². The summed E-state index contributed by atoms with van der Waals surface area (Å²) in [6.45, 7) is 4.08. The van der Waals surface area contributed by atoms with Crippen molar-refractivity contribution < 1.29 is 19.0 Å². The molecule has 1 aromatic rings. The molecule has 0 unspecified atom stereocenters. The van der Waals surface area contributed by atoms with Gasteiger partial charge in [-0.05, 0) is 37.5 Å². The van der Waals surface area contributed by atoms with Gasteiger partial charge in [0, 0.05) is 13.2 Å². The van der Waals surface area contributed by atoms with Gasteiger partial charge >= 0.3 is 0 Å². The molecule has 0 N–H and O–H groups in total. The lowest BCUT2D eigenvalue weighted by Crippen LogP contribution is -2.40. The van der Waals surface area contributed by atoms with Gasteiger partial charge in [0.25, 0.3) is 0 Å². The van der Waals surface area contributed by atoms with Gasteiger partial charge in [0.1, 0.15) is 19.0 Å². The fraction of sp³-hybridized carbons (Fsp3) is 0.533. The maximum Gasteiger partial charge on any atom is 0.161 e. The molecule has 19 heavy (non-hydrogen) atoms. The smallest absolute Gasteiger partial charge is 0.161 e. The molecule has 2 heterocycles. The zero-order valence-corrected chi connectivity index (χ0v) is 11.1. The van der Waals surface area contributed by atoms with E-state index < -0.39 is 5.41 Å². The van der Waals surface area contributed by atoms with Crippen LogP contribution in [0, 0.1) is 0 Å². The zero-order chi connectivity index (χ0) is 13.3. The van der Waals surface area contributed by atoms with Crippen LogP contribution in [0.4, 0.5) is 0 Å². The lowest BCUT2D eigenvalue weighted by atomic mass is 9.71. The lowest BCUT2D eigenvalue weighted by Gasteiger charge is -2.36. The number of ketones is 1. The summed E-state index contributed by atoms with van der Waals surface area (Å²) < 4.78 is 16.5. The summed E-state index contributed by atoms with van der Waals surface area (Å²) in [7, 11) is 0. The monoisotopic (exact) mass is 262 g/mol. The number of hydrogen-bond acceptors (Lipinski definition) is 4. The van der Waals surface area contributed by atoms with E-state index in [1.54, 1.807) is 6.92 Å². The van der Waals surface area contributed by atoms with Gasteiger partial charge in [0.05, 0.1) is 5.41 Å². The van der Waals surface area contributed by atoms with Gasteiger partial charge < -0.3 is 14.2 Å². The van der Waals surface area contributed by atoms with E-state index in [-0.39, 0.29) is 5.78 Å². The summed E-state index contributed by atoms with van der Waals surface area (Å²) in [6.07, 6.45) is 1.48. The molecule has 0 saturated carbocycles. The highest BCUT2D eigenvalue weighted by molar-refractivity contribution is 5.88. The molecule has 2 aliphatic heterocycles. The molecule has 102 valence electrons. The van der Waals surface area contributed by atoms with Gasteiger partial charge in [0.2, 0.25) is 0 Å². The van der Waals surface area contributed by atoms with Crippen LogP contribution in [-0.4, -0.2) is 32.2 Å². The van der Waals surface area contributed by atoms with Crippen molar-refractivity contribution in [2.24, 2.45) is 0 Å². The number of carbonyl (C=O) groups excluding carboxylic acids is 1. The number of fused-ring (bicyclic) bond motifs is 1. The Balaban J connectivity index is 2.01. The Morgan fingerprint density at radius 1 is 1.05 bits per heavy atom. The van der Waals surface area contributed by atoms with Crippen molar-refractivity contribution in [2.45, 2.75) is 25.2 Å². The number of rotatable bonds is 2. The lowest BCUT2D eigenvalue weighted by molar-refractivity contribution is -0.126. The Bertz CT molecular complexity index is 489. The van der Waals surface area contributed by atoms with E-state index in [9.17, 15) is 4.79 Å². The average molecular weight is 262 g/mol. The summed E-state index contributed by atoms with van der Waals surface area (Å²) in [4.78, 5) is 12.2. The third kappa shape index (κ3) is 2.10. The second-order valence-corrected chi connectivity index (χ2v) is 5.11. The maximum atomic E-state index is 12.2. The fourth-order valence-electron chi connectivity index (χ4n) is 2.90. The summed E-state index contributed by atoms with van der Waals surface area (Å²) in [6, 6.07) is 5.85. The first-order valence-electron chi connectivity index (χ1n) is 6.71. The molecule has 0 amide bonds. The van der Waals surface area contributed by atoms with Crippen molar-refractivity contribution in [3.8, 4) is 11.5 Å². The summed E-state index contributed by atoms with van der Waals surface area (Å²) in [5, 5.41) is 0. The molecule has 2 aliphatic rings. The maximum absolute atomic E-state index is 12.2. The molecule has 1 fully saturated rings. The van der Waals surface area contributed by atoms with Crippen molar-refractivity contribution >= 4 is 5.78 Å². The molecular formula is C15H18O4. The minimum Gasteiger partial charge on any atom is -0.486 e. The molecule has 0 radical (unpaired) electrons. The highest BCUT2D eigenvalue weighted by Crippen LogP contribution is 2.40. The molecule has 0 atom stereocenters. The zero-order valence-electron chi connectivity index (χ0n) is 11.1. The molecule has 0 aliphatic carbocycles. The van der Waals surface area contributed by atoms with Crippen LogP contribution in [-0.2, 0) is 14.9 Å². The van der Waals surface area contributed by atoms with Gasteiger partial charge in [-0.1, -0.05) is 6.07 Å². The molecule has 3 rings (SSSR count). The van der Waals surface area contributed by atoms with E-state index in [1.165, 1.54) is 0 Å². The molecule has 4 nitrogen and oxygen atoms in total. The minimum atomic E-state index is -0.423. The van der Waals surface area contributed by atoms with Gasteiger partial charge in [-0.3, -0.25) is 4.79 Å². The second-order valence-electron chi connectivity index (χ2n) is 5.11. The third-order valence-corrected chi connectivity index (χ3v) is 4.12. The predicted octanol–water partition coefficient (Wildman–Crippen LogP) is 2.09. The van der Waals surface area contributed by atoms with Crippen LogP contribution >= 0.6 is 0 Å². The first-order chi connectivity index (χ1) is 9.22. The first kappa shape index (κ1) is 12.5. The van der Waals surface area contributed by atoms with Crippen molar-refractivity contribution in [3.05, 3.63) is 23.8 Å². The number of benzene rings is 1. The van der Waals surface area contributed by atoms with Gasteiger partial charge in [-0.25, -0.2) is 0 Å². The molecule has 0 spiro atoms. The molecular weight excluding hydrogens is 244 g/mol.